The van der Waals surface area contributed by atoms with Crippen molar-refractivity contribution in [2.24, 2.45) is 0 Å². The molecule has 0 radical (unpaired) electrons. The summed E-state index contributed by atoms with van der Waals surface area (Å²) in [6, 6.07) is 3.58. The zero-order chi connectivity index (χ0) is 18.4. The van der Waals surface area contributed by atoms with Gasteiger partial charge in [0.15, 0.2) is 5.82 Å². The van der Waals surface area contributed by atoms with Gasteiger partial charge in [0.2, 0.25) is 0 Å². The predicted octanol–water partition coefficient (Wildman–Crippen LogP) is 3.09. The minimum Gasteiger partial charge on any atom is -0.372 e. The number of benzene rings is 1. The molecule has 1 aliphatic heterocycles. The molecule has 6 nitrogen and oxygen atoms in total. The molecule has 1 saturated carbocycles. The third-order valence-electron chi connectivity index (χ3n) is 4.98. The first-order valence-electron chi connectivity index (χ1n) is 8.37. The molecule has 10 heteroatoms. The zero-order valence-corrected chi connectivity index (χ0v) is 14.6. The number of hydrogen-bond donors (Lipinski definition) is 0. The normalized spacial score (nSPS) is 20.3. The molecule has 1 aromatic heterocycles. The van der Waals surface area contributed by atoms with E-state index < -0.39 is 11.7 Å². The maximum atomic E-state index is 13.4. The smallest absolute Gasteiger partial charge is 0.372 e. The van der Waals surface area contributed by atoms with Crippen LogP contribution in [0.3, 0.4) is 0 Å². The van der Waals surface area contributed by atoms with Crippen molar-refractivity contribution >= 4 is 11.6 Å². The van der Waals surface area contributed by atoms with Gasteiger partial charge in [0.05, 0.1) is 30.0 Å². The standard InChI is InChI=1S/C16H17ClF3N5O/c17-11-2-3-13(12(8-11)16(18,19)20)25-14(21-22-23-25)9-24-6-7-26-15(10-24)4-1-5-15/h2-3,8H,1,4-7,9-10H2. The van der Waals surface area contributed by atoms with E-state index >= 15 is 0 Å². The number of aromatic nitrogens is 4. The Kier molecular flexibility index (Phi) is 4.40. The van der Waals surface area contributed by atoms with E-state index in [1.54, 1.807) is 0 Å². The number of hydrogen-bond acceptors (Lipinski definition) is 5. The molecule has 2 heterocycles. The van der Waals surface area contributed by atoms with E-state index in [0.29, 0.717) is 25.5 Å². The van der Waals surface area contributed by atoms with Gasteiger partial charge >= 0.3 is 6.18 Å². The Bertz CT molecular complexity index is 805. The van der Waals surface area contributed by atoms with E-state index in [0.717, 1.165) is 36.6 Å². The van der Waals surface area contributed by atoms with E-state index in [1.165, 1.54) is 12.1 Å². The second kappa shape index (κ2) is 6.47. The van der Waals surface area contributed by atoms with Crippen LogP contribution in [-0.2, 0) is 17.5 Å². The molecule has 1 aliphatic carbocycles. The predicted molar refractivity (Wildman–Crippen MR) is 87.0 cm³/mol. The van der Waals surface area contributed by atoms with Crippen molar-refractivity contribution in [2.45, 2.75) is 37.6 Å². The van der Waals surface area contributed by atoms with Gasteiger partial charge in [-0.1, -0.05) is 11.6 Å². The first-order valence-corrected chi connectivity index (χ1v) is 8.75. The largest absolute Gasteiger partial charge is 0.418 e. The van der Waals surface area contributed by atoms with E-state index in [1.807, 2.05) is 0 Å². The van der Waals surface area contributed by atoms with Gasteiger partial charge in [0.25, 0.3) is 0 Å². The van der Waals surface area contributed by atoms with Crippen molar-refractivity contribution in [3.63, 3.8) is 0 Å². The molecular weight excluding hydrogens is 371 g/mol. The van der Waals surface area contributed by atoms with E-state index in [4.69, 9.17) is 16.3 Å². The van der Waals surface area contributed by atoms with Gasteiger partial charge in [-0.15, -0.1) is 5.10 Å². The molecule has 0 amide bonds. The molecule has 140 valence electrons. The van der Waals surface area contributed by atoms with Gasteiger partial charge in [-0.25, -0.2) is 0 Å². The van der Waals surface area contributed by atoms with E-state index in [-0.39, 0.29) is 16.3 Å². The second-order valence-electron chi connectivity index (χ2n) is 6.76. The number of morpholine rings is 1. The lowest BCUT2D eigenvalue weighted by molar-refractivity contribution is -0.153. The van der Waals surface area contributed by atoms with Crippen molar-refractivity contribution in [2.75, 3.05) is 19.7 Å². The number of nitrogens with zero attached hydrogens (tertiary/aromatic N) is 5. The Morgan fingerprint density at radius 2 is 2.08 bits per heavy atom. The number of rotatable bonds is 3. The van der Waals surface area contributed by atoms with Gasteiger partial charge in [-0.3, -0.25) is 4.90 Å². The van der Waals surface area contributed by atoms with Gasteiger partial charge in [-0.2, -0.15) is 17.9 Å². The third kappa shape index (κ3) is 3.30. The summed E-state index contributed by atoms with van der Waals surface area (Å²) >= 11 is 5.75. The summed E-state index contributed by atoms with van der Waals surface area (Å²) in [5.74, 6) is 0.356. The Morgan fingerprint density at radius 3 is 2.77 bits per heavy atom. The summed E-state index contributed by atoms with van der Waals surface area (Å²) in [7, 11) is 0. The van der Waals surface area contributed by atoms with Crippen LogP contribution in [0.4, 0.5) is 13.2 Å². The SMILES string of the molecule is FC(F)(F)c1cc(Cl)ccc1-n1nnnc1CN1CCOC2(CCC2)C1. The highest BCUT2D eigenvalue weighted by Gasteiger charge is 2.42. The first kappa shape index (κ1) is 17.7. The number of ether oxygens (including phenoxy) is 1. The molecule has 0 bridgehead atoms. The Labute approximate surface area is 152 Å². The Hall–Kier alpha value is -1.71. The lowest BCUT2D eigenvalue weighted by Crippen LogP contribution is -2.55. The fourth-order valence-corrected chi connectivity index (χ4v) is 3.72. The van der Waals surface area contributed by atoms with Crippen LogP contribution >= 0.6 is 11.6 Å². The van der Waals surface area contributed by atoms with Gasteiger partial charge in [0, 0.05) is 18.1 Å². The highest BCUT2D eigenvalue weighted by molar-refractivity contribution is 6.30. The number of halogens is 4. The topological polar surface area (TPSA) is 56.1 Å². The van der Waals surface area contributed by atoms with Crippen LogP contribution in [-0.4, -0.2) is 50.4 Å². The Balaban J connectivity index is 1.62. The minimum atomic E-state index is -4.56. The van der Waals surface area contributed by atoms with Crippen molar-refractivity contribution in [3.05, 3.63) is 34.6 Å². The van der Waals surface area contributed by atoms with Gasteiger partial charge < -0.3 is 4.74 Å². The van der Waals surface area contributed by atoms with Crippen molar-refractivity contribution in [1.82, 2.24) is 25.1 Å². The molecule has 1 aromatic carbocycles. The van der Waals surface area contributed by atoms with Crippen LogP contribution in [0.5, 0.6) is 0 Å². The quantitative estimate of drug-likeness (QED) is 0.810. The highest BCUT2D eigenvalue weighted by atomic mass is 35.5. The van der Waals surface area contributed by atoms with Crippen LogP contribution < -0.4 is 0 Å². The molecule has 2 aliphatic rings. The van der Waals surface area contributed by atoms with Crippen molar-refractivity contribution in [3.8, 4) is 5.69 Å². The zero-order valence-electron chi connectivity index (χ0n) is 13.8. The molecule has 26 heavy (non-hydrogen) atoms. The van der Waals surface area contributed by atoms with Gasteiger partial charge in [0.1, 0.15) is 0 Å². The fraction of sp³-hybridized carbons (Fsp3) is 0.562. The summed E-state index contributed by atoms with van der Waals surface area (Å²) in [6.07, 6.45) is -1.38. The third-order valence-corrected chi connectivity index (χ3v) is 5.22. The number of tetrazole rings is 1. The molecule has 2 fully saturated rings. The second-order valence-corrected chi connectivity index (χ2v) is 7.20. The van der Waals surface area contributed by atoms with Crippen LogP contribution in [0.25, 0.3) is 5.69 Å². The van der Waals surface area contributed by atoms with Gasteiger partial charge in [-0.05, 0) is 47.9 Å². The first-order chi connectivity index (χ1) is 12.4. The minimum absolute atomic E-state index is 0.0100. The number of alkyl halides is 3. The molecule has 0 unspecified atom stereocenters. The lowest BCUT2D eigenvalue weighted by atomic mass is 9.79. The average Bonchev–Trinajstić information content (AvgIpc) is 3.01. The Morgan fingerprint density at radius 1 is 1.27 bits per heavy atom. The summed E-state index contributed by atoms with van der Waals surface area (Å²) in [5.41, 5.74) is -1.10. The van der Waals surface area contributed by atoms with E-state index in [2.05, 4.69) is 20.4 Å². The van der Waals surface area contributed by atoms with Crippen LogP contribution in [0.2, 0.25) is 5.02 Å². The molecule has 0 atom stereocenters. The molecule has 2 aromatic rings. The summed E-state index contributed by atoms with van der Waals surface area (Å²) in [6.45, 7) is 2.41. The average molecular weight is 388 g/mol. The van der Waals surface area contributed by atoms with E-state index in [9.17, 15) is 13.2 Å². The maximum absolute atomic E-state index is 13.4. The van der Waals surface area contributed by atoms with Crippen LogP contribution in [0, 0.1) is 0 Å². The van der Waals surface area contributed by atoms with Crippen LogP contribution in [0.15, 0.2) is 18.2 Å². The molecule has 4 rings (SSSR count). The molecular formula is C16H17ClF3N5O. The molecule has 0 N–H and O–H groups in total. The van der Waals surface area contributed by atoms with Crippen molar-refractivity contribution in [1.29, 1.82) is 0 Å². The molecule has 1 saturated heterocycles. The van der Waals surface area contributed by atoms with Crippen molar-refractivity contribution < 1.29 is 17.9 Å². The highest BCUT2D eigenvalue weighted by Crippen LogP contribution is 2.39. The maximum Gasteiger partial charge on any atom is 0.418 e. The molecule has 1 spiro atoms. The lowest BCUT2D eigenvalue weighted by Gasteiger charge is -2.48. The fourth-order valence-electron chi connectivity index (χ4n) is 3.54. The summed E-state index contributed by atoms with van der Waals surface area (Å²) < 4.78 is 47.2. The monoisotopic (exact) mass is 387 g/mol. The summed E-state index contributed by atoms with van der Waals surface area (Å²) in [5, 5.41) is 11.3. The summed E-state index contributed by atoms with van der Waals surface area (Å²) in [4.78, 5) is 2.13. The van der Waals surface area contributed by atoms with Crippen LogP contribution in [0.1, 0.15) is 30.7 Å².